The molecule has 0 saturated carbocycles. The van der Waals surface area contributed by atoms with E-state index in [4.69, 9.17) is 16.3 Å². The highest BCUT2D eigenvalue weighted by atomic mass is 35.5. The van der Waals surface area contributed by atoms with E-state index in [0.29, 0.717) is 6.07 Å². The first-order valence-electron chi connectivity index (χ1n) is 7.48. The number of halogens is 5. The number of likely N-dealkylation sites (tertiary alicyclic amines) is 1. The highest BCUT2D eigenvalue weighted by molar-refractivity contribution is 7.21. The highest BCUT2D eigenvalue weighted by Crippen LogP contribution is 2.44. The van der Waals surface area contributed by atoms with E-state index in [-0.39, 0.29) is 39.7 Å². The monoisotopic (exact) mass is 424 g/mol. The van der Waals surface area contributed by atoms with Crippen LogP contribution in [0.1, 0.15) is 9.67 Å². The van der Waals surface area contributed by atoms with Crippen LogP contribution in [0.3, 0.4) is 0 Å². The molecule has 12 heteroatoms. The van der Waals surface area contributed by atoms with E-state index in [9.17, 15) is 27.2 Å². The van der Waals surface area contributed by atoms with E-state index >= 15 is 0 Å². The first-order chi connectivity index (χ1) is 12.6. The van der Waals surface area contributed by atoms with Crippen LogP contribution in [0.4, 0.5) is 22.4 Å². The smallest absolute Gasteiger partial charge is 0.447 e. The predicted octanol–water partition coefficient (Wildman–Crippen LogP) is 3.53. The van der Waals surface area contributed by atoms with E-state index in [2.05, 4.69) is 10.1 Å². The fourth-order valence-corrected chi connectivity index (χ4v) is 4.65. The number of rotatable bonds is 2. The summed E-state index contributed by atoms with van der Waals surface area (Å²) < 4.78 is 60.1. The number of carbonyl (C=O) groups is 2. The van der Waals surface area contributed by atoms with Gasteiger partial charge in [-0.3, -0.25) is 4.79 Å². The fraction of sp³-hybridized carbons (Fsp3) is 0.333. The number of nitrogens with zero attached hydrogens (tertiary/aromatic N) is 1. The minimum absolute atomic E-state index is 0.0376. The van der Waals surface area contributed by atoms with Crippen molar-refractivity contribution < 1.29 is 36.6 Å². The van der Waals surface area contributed by atoms with E-state index in [1.165, 1.54) is 4.90 Å². The van der Waals surface area contributed by atoms with Crippen molar-refractivity contribution >= 4 is 45.0 Å². The van der Waals surface area contributed by atoms with Crippen LogP contribution >= 0.6 is 22.9 Å². The first kappa shape index (κ1) is 18.1. The van der Waals surface area contributed by atoms with Crippen LogP contribution in [0, 0.1) is 5.82 Å². The van der Waals surface area contributed by atoms with E-state index in [0.717, 1.165) is 17.4 Å². The van der Waals surface area contributed by atoms with Crippen LogP contribution in [-0.4, -0.2) is 48.5 Å². The summed E-state index contributed by atoms with van der Waals surface area (Å²) in [7, 11) is 0. The normalized spacial score (nSPS) is 18.4. The molecule has 0 aliphatic carbocycles. The van der Waals surface area contributed by atoms with E-state index in [1.807, 2.05) is 0 Å². The molecular formula is C15H9ClF4N2O4S. The van der Waals surface area contributed by atoms with Crippen LogP contribution in [-0.2, 0) is 4.74 Å². The SMILES string of the molecule is O=C1NC2(CO1)CN(C(=O)c1sc3cc(F)cc(OC(F)(F)F)c3c1Cl)C2. The summed E-state index contributed by atoms with van der Waals surface area (Å²) in [6, 6.07) is 1.54. The molecule has 2 aliphatic heterocycles. The average molecular weight is 425 g/mol. The van der Waals surface area contributed by atoms with Crippen molar-refractivity contribution in [3.63, 3.8) is 0 Å². The Labute approximate surface area is 157 Å². The minimum atomic E-state index is -5.04. The third-order valence-corrected chi connectivity index (χ3v) is 5.82. The predicted molar refractivity (Wildman–Crippen MR) is 86.6 cm³/mol. The maximum Gasteiger partial charge on any atom is 0.573 e. The number of fused-ring (bicyclic) bond motifs is 1. The molecule has 0 bridgehead atoms. The molecule has 2 amide bonds. The topological polar surface area (TPSA) is 67.9 Å². The molecule has 2 saturated heterocycles. The van der Waals surface area contributed by atoms with Gasteiger partial charge in [-0.15, -0.1) is 24.5 Å². The lowest BCUT2D eigenvalue weighted by Gasteiger charge is -2.45. The van der Waals surface area contributed by atoms with Gasteiger partial charge in [0.15, 0.2) is 0 Å². The number of carbonyl (C=O) groups excluding carboxylic acids is 2. The second-order valence-electron chi connectivity index (χ2n) is 6.21. The van der Waals surface area contributed by atoms with Crippen molar-refractivity contribution in [2.45, 2.75) is 11.9 Å². The summed E-state index contributed by atoms with van der Waals surface area (Å²) in [5.74, 6) is -2.30. The van der Waals surface area contributed by atoms with Crippen molar-refractivity contribution in [3.05, 3.63) is 27.8 Å². The van der Waals surface area contributed by atoms with Gasteiger partial charge >= 0.3 is 12.5 Å². The summed E-state index contributed by atoms with van der Waals surface area (Å²) >= 11 is 6.90. The van der Waals surface area contributed by atoms with Crippen molar-refractivity contribution in [3.8, 4) is 5.75 Å². The van der Waals surface area contributed by atoms with Gasteiger partial charge < -0.3 is 19.7 Å². The molecule has 27 heavy (non-hydrogen) atoms. The van der Waals surface area contributed by atoms with Crippen molar-refractivity contribution in [1.82, 2.24) is 10.2 Å². The fourth-order valence-electron chi connectivity index (χ4n) is 3.10. The molecule has 1 aromatic carbocycles. The van der Waals surface area contributed by atoms with Crippen LogP contribution in [0.5, 0.6) is 5.75 Å². The number of thiophene rings is 1. The number of benzene rings is 1. The lowest BCUT2D eigenvalue weighted by atomic mass is 9.91. The zero-order chi connectivity index (χ0) is 19.6. The molecule has 4 rings (SSSR count). The molecule has 1 aromatic heterocycles. The van der Waals surface area contributed by atoms with E-state index in [1.54, 1.807) is 0 Å². The van der Waals surface area contributed by atoms with Gasteiger partial charge in [0, 0.05) is 23.9 Å². The molecule has 2 fully saturated rings. The molecule has 0 radical (unpaired) electrons. The lowest BCUT2D eigenvalue weighted by Crippen LogP contribution is -2.69. The van der Waals surface area contributed by atoms with Crippen LogP contribution in [0.2, 0.25) is 5.02 Å². The van der Waals surface area contributed by atoms with Crippen LogP contribution in [0.15, 0.2) is 12.1 Å². The quantitative estimate of drug-likeness (QED) is 0.749. The van der Waals surface area contributed by atoms with Gasteiger partial charge in [0.25, 0.3) is 5.91 Å². The number of alkyl carbamates (subject to hydrolysis) is 1. The van der Waals surface area contributed by atoms with Gasteiger partial charge in [-0.1, -0.05) is 11.6 Å². The summed E-state index contributed by atoms with van der Waals surface area (Å²) in [6.45, 7) is 0.454. The van der Waals surface area contributed by atoms with E-state index < -0.39 is 35.5 Å². The first-order valence-corrected chi connectivity index (χ1v) is 8.68. The second kappa shape index (κ2) is 5.86. The third-order valence-electron chi connectivity index (χ3n) is 4.20. The van der Waals surface area contributed by atoms with Crippen LogP contribution < -0.4 is 10.1 Å². The van der Waals surface area contributed by atoms with Crippen molar-refractivity contribution in [2.75, 3.05) is 19.7 Å². The number of amides is 2. The third kappa shape index (κ3) is 3.14. The highest BCUT2D eigenvalue weighted by Gasteiger charge is 2.51. The Morgan fingerprint density at radius 2 is 2.07 bits per heavy atom. The largest absolute Gasteiger partial charge is 0.573 e. The second-order valence-corrected chi connectivity index (χ2v) is 7.64. The molecular weight excluding hydrogens is 416 g/mol. The maximum atomic E-state index is 13.7. The molecule has 1 N–H and O–H groups in total. The number of ether oxygens (including phenoxy) is 2. The van der Waals surface area contributed by atoms with Gasteiger partial charge in [-0.25, -0.2) is 9.18 Å². The summed E-state index contributed by atoms with van der Waals surface area (Å²) in [6.07, 6.45) is -5.62. The number of nitrogens with one attached hydrogen (secondary N) is 1. The molecule has 1 spiro atoms. The number of cyclic esters (lactones) is 1. The Bertz CT molecular complexity index is 971. The number of hydrogen-bond acceptors (Lipinski definition) is 5. The Morgan fingerprint density at radius 1 is 1.37 bits per heavy atom. The van der Waals surface area contributed by atoms with Gasteiger partial charge in [0.1, 0.15) is 28.6 Å². The zero-order valence-corrected chi connectivity index (χ0v) is 14.7. The standard InChI is InChI=1S/C15H9ClF4N2O4S/c16-10-9-7(26-15(18,19)20)1-6(17)2-8(9)27-11(10)12(23)22-3-14(4-22)5-25-13(24)21-14/h1-2H,3-5H2,(H,21,24). The molecule has 0 atom stereocenters. The maximum absolute atomic E-state index is 13.7. The minimum Gasteiger partial charge on any atom is -0.447 e. The Morgan fingerprint density at radius 3 is 2.67 bits per heavy atom. The summed E-state index contributed by atoms with van der Waals surface area (Å²) in [4.78, 5) is 25.1. The summed E-state index contributed by atoms with van der Waals surface area (Å²) in [5, 5.41) is 2.18. The number of alkyl halides is 3. The Kier molecular flexibility index (Phi) is 3.93. The summed E-state index contributed by atoms with van der Waals surface area (Å²) in [5.41, 5.74) is -0.660. The Balaban J connectivity index is 1.65. The van der Waals surface area contributed by atoms with Crippen molar-refractivity contribution in [1.29, 1.82) is 0 Å². The van der Waals surface area contributed by atoms with Crippen molar-refractivity contribution in [2.24, 2.45) is 0 Å². The zero-order valence-electron chi connectivity index (χ0n) is 13.2. The van der Waals surface area contributed by atoms with Gasteiger partial charge in [0.05, 0.1) is 10.4 Å². The average Bonchev–Trinajstić information content (AvgIpc) is 3.04. The molecule has 3 heterocycles. The van der Waals surface area contributed by atoms with Gasteiger partial charge in [-0.2, -0.15) is 0 Å². The molecule has 6 nitrogen and oxygen atoms in total. The molecule has 144 valence electrons. The number of hydrogen-bond donors (Lipinski definition) is 1. The molecule has 0 unspecified atom stereocenters. The lowest BCUT2D eigenvalue weighted by molar-refractivity contribution is -0.274. The van der Waals surface area contributed by atoms with Crippen LogP contribution in [0.25, 0.3) is 10.1 Å². The van der Waals surface area contributed by atoms with Gasteiger partial charge in [-0.05, 0) is 6.07 Å². The molecule has 2 aliphatic rings. The molecule has 2 aromatic rings. The van der Waals surface area contributed by atoms with Gasteiger partial charge in [0.2, 0.25) is 0 Å². The Hall–Kier alpha value is -2.27.